The summed E-state index contributed by atoms with van der Waals surface area (Å²) in [6, 6.07) is 5.73. The van der Waals surface area contributed by atoms with Gasteiger partial charge in [0.2, 0.25) is 0 Å². The van der Waals surface area contributed by atoms with E-state index in [0.717, 1.165) is 0 Å². The minimum Gasteiger partial charge on any atom is -0.354 e. The van der Waals surface area contributed by atoms with E-state index in [-0.39, 0.29) is 17.8 Å². The van der Waals surface area contributed by atoms with Gasteiger partial charge >= 0.3 is 0 Å². The molecular weight excluding hydrogens is 240 g/mol. The van der Waals surface area contributed by atoms with Crippen molar-refractivity contribution in [1.82, 2.24) is 5.32 Å². The molecule has 0 radical (unpaired) electrons. The first-order chi connectivity index (χ1) is 8.60. The van der Waals surface area contributed by atoms with Crippen LogP contribution in [0.2, 0.25) is 0 Å². The molecule has 0 bridgehead atoms. The van der Waals surface area contributed by atoms with Gasteiger partial charge < -0.3 is 14.8 Å². The van der Waals surface area contributed by atoms with E-state index in [4.69, 9.17) is 9.47 Å². The molecule has 0 atom stereocenters. The number of carbonyl (C=O) groups excluding carboxylic acids is 1. The van der Waals surface area contributed by atoms with Crippen LogP contribution in [-0.4, -0.2) is 37.9 Å². The van der Waals surface area contributed by atoms with Gasteiger partial charge in [0.1, 0.15) is 5.56 Å². The zero-order valence-corrected chi connectivity index (χ0v) is 10.1. The molecule has 0 saturated carbocycles. The lowest BCUT2D eigenvalue weighted by atomic mass is 10.1. The highest BCUT2D eigenvalue weighted by Crippen LogP contribution is 2.17. The highest BCUT2D eigenvalue weighted by atomic mass is 16.7. The Kier molecular flexibility index (Phi) is 5.22. The Bertz CT molecular complexity index is 431. The smallest absolute Gasteiger partial charge is 0.282 e. The van der Waals surface area contributed by atoms with Gasteiger partial charge in [0.25, 0.3) is 11.6 Å². The third-order valence-electron chi connectivity index (χ3n) is 2.30. The quantitative estimate of drug-likeness (QED) is 0.463. The third-order valence-corrected chi connectivity index (χ3v) is 2.30. The molecule has 0 fully saturated rings. The van der Waals surface area contributed by atoms with E-state index >= 15 is 0 Å². The van der Waals surface area contributed by atoms with Gasteiger partial charge in [-0.2, -0.15) is 0 Å². The molecule has 1 amide bonds. The number of methoxy groups -OCH3 is 2. The molecule has 0 spiro atoms. The molecular formula is C11H14N2O5. The predicted octanol–water partition coefficient (Wildman–Crippen LogP) is 0.944. The number of amides is 1. The van der Waals surface area contributed by atoms with Gasteiger partial charge in [-0.25, -0.2) is 0 Å². The van der Waals surface area contributed by atoms with Crippen molar-refractivity contribution in [2.24, 2.45) is 0 Å². The van der Waals surface area contributed by atoms with Gasteiger partial charge in [-0.05, 0) is 6.07 Å². The van der Waals surface area contributed by atoms with Crippen LogP contribution in [0.1, 0.15) is 10.4 Å². The molecule has 98 valence electrons. The number of nitrogens with zero attached hydrogens (tertiary/aromatic N) is 1. The summed E-state index contributed by atoms with van der Waals surface area (Å²) in [6.07, 6.45) is -0.586. The number of hydrogen-bond donors (Lipinski definition) is 1. The fourth-order valence-electron chi connectivity index (χ4n) is 1.36. The number of hydrogen-bond acceptors (Lipinski definition) is 5. The number of benzene rings is 1. The average Bonchev–Trinajstić information content (AvgIpc) is 2.39. The highest BCUT2D eigenvalue weighted by Gasteiger charge is 2.19. The monoisotopic (exact) mass is 254 g/mol. The summed E-state index contributed by atoms with van der Waals surface area (Å²) in [5.74, 6) is -0.540. The number of nitro groups is 1. The molecule has 0 aliphatic rings. The maximum atomic E-state index is 11.8. The van der Waals surface area contributed by atoms with Crippen LogP contribution in [-0.2, 0) is 9.47 Å². The standard InChI is InChI=1S/C11H14N2O5/c1-17-10(18-2)7-12-11(14)8-5-3-4-6-9(8)13(15)16/h3-6,10H,7H2,1-2H3,(H,12,14). The van der Waals surface area contributed by atoms with E-state index in [2.05, 4.69) is 5.32 Å². The Morgan fingerprint density at radius 3 is 2.56 bits per heavy atom. The van der Waals surface area contributed by atoms with E-state index < -0.39 is 17.1 Å². The summed E-state index contributed by atoms with van der Waals surface area (Å²) in [7, 11) is 2.87. The molecule has 7 heteroatoms. The van der Waals surface area contributed by atoms with Gasteiger partial charge in [-0.1, -0.05) is 12.1 Å². The van der Waals surface area contributed by atoms with Crippen LogP contribution in [0.3, 0.4) is 0 Å². The van der Waals surface area contributed by atoms with Crippen LogP contribution in [0.4, 0.5) is 5.69 Å². The number of rotatable bonds is 6. The van der Waals surface area contributed by atoms with Gasteiger partial charge in [0.05, 0.1) is 11.5 Å². The van der Waals surface area contributed by atoms with Crippen LogP contribution in [0, 0.1) is 10.1 Å². The molecule has 1 aromatic carbocycles. The molecule has 0 aromatic heterocycles. The predicted molar refractivity (Wildman–Crippen MR) is 63.2 cm³/mol. The van der Waals surface area contributed by atoms with Crippen LogP contribution >= 0.6 is 0 Å². The fraction of sp³-hybridized carbons (Fsp3) is 0.364. The number of nitro benzene ring substituents is 1. The first kappa shape index (κ1) is 14.1. The molecule has 1 N–H and O–H groups in total. The van der Waals surface area contributed by atoms with Crippen molar-refractivity contribution < 1.29 is 19.2 Å². The normalized spacial score (nSPS) is 10.4. The lowest BCUT2D eigenvalue weighted by Crippen LogP contribution is -2.34. The Morgan fingerprint density at radius 2 is 2.00 bits per heavy atom. The largest absolute Gasteiger partial charge is 0.354 e. The van der Waals surface area contributed by atoms with Crippen molar-refractivity contribution in [2.75, 3.05) is 20.8 Å². The zero-order valence-electron chi connectivity index (χ0n) is 10.1. The number of para-hydroxylation sites is 1. The zero-order chi connectivity index (χ0) is 13.5. The van der Waals surface area contributed by atoms with Crippen LogP contribution in [0.25, 0.3) is 0 Å². The first-order valence-corrected chi connectivity index (χ1v) is 5.17. The lowest BCUT2D eigenvalue weighted by molar-refractivity contribution is -0.385. The lowest BCUT2D eigenvalue weighted by Gasteiger charge is -2.13. The SMILES string of the molecule is COC(CNC(=O)c1ccccc1[N+](=O)[O-])OC. The van der Waals surface area contributed by atoms with E-state index in [9.17, 15) is 14.9 Å². The Hall–Kier alpha value is -1.99. The van der Waals surface area contributed by atoms with E-state index in [1.54, 1.807) is 6.07 Å². The van der Waals surface area contributed by atoms with E-state index in [0.29, 0.717) is 0 Å². The van der Waals surface area contributed by atoms with Crippen LogP contribution in [0.5, 0.6) is 0 Å². The minimum atomic E-state index is -0.598. The number of carbonyl (C=O) groups is 1. The summed E-state index contributed by atoms with van der Waals surface area (Å²) < 4.78 is 9.79. The maximum Gasteiger partial charge on any atom is 0.282 e. The Labute approximate surface area is 104 Å². The second kappa shape index (κ2) is 6.67. The Morgan fingerprint density at radius 1 is 1.39 bits per heavy atom. The molecule has 0 saturated heterocycles. The summed E-state index contributed by atoms with van der Waals surface area (Å²) in [5, 5.41) is 13.3. The molecule has 0 heterocycles. The molecule has 1 rings (SSSR count). The molecule has 1 aromatic rings. The fourth-order valence-corrected chi connectivity index (χ4v) is 1.36. The van der Waals surface area contributed by atoms with Crippen molar-refractivity contribution in [3.05, 3.63) is 39.9 Å². The van der Waals surface area contributed by atoms with Gasteiger partial charge in [0, 0.05) is 20.3 Å². The van der Waals surface area contributed by atoms with Gasteiger partial charge in [0.15, 0.2) is 6.29 Å². The minimum absolute atomic E-state index is 0.00783. The highest BCUT2D eigenvalue weighted by molar-refractivity contribution is 5.98. The summed E-state index contributed by atoms with van der Waals surface area (Å²) in [4.78, 5) is 21.9. The number of nitrogens with one attached hydrogen (secondary N) is 1. The topological polar surface area (TPSA) is 90.7 Å². The molecule has 0 unspecified atom stereocenters. The maximum absolute atomic E-state index is 11.8. The second-order valence-electron chi connectivity index (χ2n) is 3.39. The molecule has 7 nitrogen and oxygen atoms in total. The third kappa shape index (κ3) is 3.51. The van der Waals surface area contributed by atoms with Crippen molar-refractivity contribution in [2.45, 2.75) is 6.29 Å². The van der Waals surface area contributed by atoms with Crippen molar-refractivity contribution in [3.63, 3.8) is 0 Å². The average molecular weight is 254 g/mol. The van der Waals surface area contributed by atoms with Crippen molar-refractivity contribution >= 4 is 11.6 Å². The number of ether oxygens (including phenoxy) is 2. The summed E-state index contributed by atoms with van der Waals surface area (Å²) in [6.45, 7) is 0.109. The summed E-state index contributed by atoms with van der Waals surface area (Å²) >= 11 is 0. The first-order valence-electron chi connectivity index (χ1n) is 5.17. The van der Waals surface area contributed by atoms with Crippen molar-refractivity contribution in [3.8, 4) is 0 Å². The second-order valence-corrected chi connectivity index (χ2v) is 3.39. The van der Waals surface area contributed by atoms with Gasteiger partial charge in [-0.15, -0.1) is 0 Å². The molecule has 0 aliphatic heterocycles. The van der Waals surface area contributed by atoms with Crippen LogP contribution < -0.4 is 5.32 Å². The molecule has 18 heavy (non-hydrogen) atoms. The van der Waals surface area contributed by atoms with Crippen LogP contribution in [0.15, 0.2) is 24.3 Å². The van der Waals surface area contributed by atoms with Gasteiger partial charge in [-0.3, -0.25) is 14.9 Å². The van der Waals surface area contributed by atoms with E-state index in [1.807, 2.05) is 0 Å². The Balaban J connectivity index is 2.75. The van der Waals surface area contributed by atoms with Crippen molar-refractivity contribution in [1.29, 1.82) is 0 Å². The molecule has 0 aliphatic carbocycles. The van der Waals surface area contributed by atoms with E-state index in [1.165, 1.54) is 32.4 Å². The summed E-state index contributed by atoms with van der Waals surface area (Å²) in [5.41, 5.74) is -0.227.